The van der Waals surface area contributed by atoms with Crippen molar-refractivity contribution in [2.75, 3.05) is 6.61 Å². The minimum absolute atomic E-state index is 0.104. The number of rotatable bonds is 5. The van der Waals surface area contributed by atoms with Crippen molar-refractivity contribution in [3.8, 4) is 17.0 Å². The molecule has 0 unspecified atom stereocenters. The van der Waals surface area contributed by atoms with Gasteiger partial charge in [-0.25, -0.2) is 9.59 Å². The van der Waals surface area contributed by atoms with E-state index >= 15 is 0 Å². The fraction of sp³-hybridized carbons (Fsp3) is 0.0909. The SMILES string of the molecule is CCOC(=O)c1n[nH]nc1-c1ccc(OC(=O)c2cccc3ccccc23)cc1. The van der Waals surface area contributed by atoms with E-state index in [2.05, 4.69) is 15.4 Å². The molecule has 144 valence electrons. The number of benzene rings is 3. The molecular weight excluding hydrogens is 370 g/mol. The number of esters is 2. The summed E-state index contributed by atoms with van der Waals surface area (Å²) in [5, 5.41) is 12.1. The number of ether oxygens (including phenoxy) is 2. The van der Waals surface area contributed by atoms with Gasteiger partial charge in [0.25, 0.3) is 0 Å². The molecule has 1 N–H and O–H groups in total. The Labute approximate surface area is 166 Å². The van der Waals surface area contributed by atoms with E-state index in [1.165, 1.54) is 0 Å². The minimum atomic E-state index is -0.553. The van der Waals surface area contributed by atoms with Crippen molar-refractivity contribution in [2.24, 2.45) is 0 Å². The van der Waals surface area contributed by atoms with Crippen LogP contribution in [0.5, 0.6) is 5.75 Å². The van der Waals surface area contributed by atoms with E-state index in [0.29, 0.717) is 22.6 Å². The van der Waals surface area contributed by atoms with Gasteiger partial charge in [0, 0.05) is 5.56 Å². The number of fused-ring (bicyclic) bond motifs is 1. The largest absolute Gasteiger partial charge is 0.461 e. The Morgan fingerprint density at radius 2 is 1.66 bits per heavy atom. The summed E-state index contributed by atoms with van der Waals surface area (Å²) in [4.78, 5) is 24.6. The lowest BCUT2D eigenvalue weighted by Gasteiger charge is -2.08. The molecule has 0 fully saturated rings. The van der Waals surface area contributed by atoms with Crippen LogP contribution >= 0.6 is 0 Å². The molecular formula is C22H17N3O4. The highest BCUT2D eigenvalue weighted by atomic mass is 16.5. The highest BCUT2D eigenvalue weighted by Crippen LogP contribution is 2.25. The quantitative estimate of drug-likeness (QED) is 0.411. The number of H-pyrrole nitrogens is 1. The van der Waals surface area contributed by atoms with Gasteiger partial charge in [-0.2, -0.15) is 10.3 Å². The summed E-state index contributed by atoms with van der Waals surface area (Å²) in [5.41, 5.74) is 1.61. The molecule has 4 aromatic rings. The summed E-state index contributed by atoms with van der Waals surface area (Å²) in [7, 11) is 0. The van der Waals surface area contributed by atoms with Crippen LogP contribution in [-0.4, -0.2) is 34.0 Å². The van der Waals surface area contributed by atoms with Gasteiger partial charge >= 0.3 is 11.9 Å². The smallest absolute Gasteiger partial charge is 0.361 e. The Kier molecular flexibility index (Phi) is 5.03. The van der Waals surface area contributed by atoms with Crippen LogP contribution in [0, 0.1) is 0 Å². The highest BCUT2D eigenvalue weighted by molar-refractivity contribution is 6.05. The summed E-state index contributed by atoms with van der Waals surface area (Å²) in [6, 6.07) is 19.8. The Balaban J connectivity index is 1.55. The fourth-order valence-corrected chi connectivity index (χ4v) is 3.02. The van der Waals surface area contributed by atoms with Crippen LogP contribution in [0.25, 0.3) is 22.0 Å². The van der Waals surface area contributed by atoms with Gasteiger partial charge in [0.05, 0.1) is 12.2 Å². The maximum Gasteiger partial charge on any atom is 0.361 e. The maximum absolute atomic E-state index is 12.6. The molecule has 4 rings (SSSR count). The monoisotopic (exact) mass is 387 g/mol. The van der Waals surface area contributed by atoms with Gasteiger partial charge in [0.1, 0.15) is 11.4 Å². The zero-order valence-corrected chi connectivity index (χ0v) is 15.6. The number of nitrogens with one attached hydrogen (secondary N) is 1. The van der Waals surface area contributed by atoms with Crippen LogP contribution in [0.15, 0.2) is 66.7 Å². The predicted octanol–water partition coefficient (Wildman–Crippen LogP) is 4.02. The number of aromatic amines is 1. The van der Waals surface area contributed by atoms with Crippen molar-refractivity contribution in [1.82, 2.24) is 15.4 Å². The van der Waals surface area contributed by atoms with Gasteiger partial charge in [-0.1, -0.05) is 36.4 Å². The molecule has 0 aliphatic heterocycles. The van der Waals surface area contributed by atoms with E-state index < -0.39 is 11.9 Å². The van der Waals surface area contributed by atoms with Crippen LogP contribution in [0.1, 0.15) is 27.8 Å². The zero-order chi connectivity index (χ0) is 20.2. The summed E-state index contributed by atoms with van der Waals surface area (Å²) in [5.74, 6) is -0.612. The van der Waals surface area contributed by atoms with Crippen molar-refractivity contribution in [1.29, 1.82) is 0 Å². The first kappa shape index (κ1) is 18.4. The van der Waals surface area contributed by atoms with Crippen molar-refractivity contribution in [3.63, 3.8) is 0 Å². The van der Waals surface area contributed by atoms with Crippen LogP contribution in [0.3, 0.4) is 0 Å². The molecule has 0 saturated carbocycles. The lowest BCUT2D eigenvalue weighted by Crippen LogP contribution is -2.09. The Hall–Kier alpha value is -4.00. The molecule has 7 nitrogen and oxygen atoms in total. The zero-order valence-electron chi connectivity index (χ0n) is 15.6. The second kappa shape index (κ2) is 7.93. The van der Waals surface area contributed by atoms with Gasteiger partial charge in [-0.15, -0.1) is 5.10 Å². The van der Waals surface area contributed by atoms with Crippen LogP contribution in [0.2, 0.25) is 0 Å². The van der Waals surface area contributed by atoms with E-state index in [9.17, 15) is 9.59 Å². The second-order valence-corrected chi connectivity index (χ2v) is 6.18. The topological polar surface area (TPSA) is 94.2 Å². The minimum Gasteiger partial charge on any atom is -0.461 e. The first-order valence-corrected chi connectivity index (χ1v) is 9.05. The average Bonchev–Trinajstić information content (AvgIpc) is 3.24. The Bertz CT molecular complexity index is 1180. The van der Waals surface area contributed by atoms with Crippen molar-refractivity contribution in [2.45, 2.75) is 6.92 Å². The average molecular weight is 387 g/mol. The lowest BCUT2D eigenvalue weighted by molar-refractivity contribution is 0.0520. The number of carbonyl (C=O) groups is 2. The molecule has 1 heterocycles. The van der Waals surface area contributed by atoms with Crippen molar-refractivity contribution in [3.05, 3.63) is 78.0 Å². The molecule has 0 aliphatic carbocycles. The third-order valence-corrected chi connectivity index (χ3v) is 4.36. The maximum atomic E-state index is 12.6. The Morgan fingerprint density at radius 1 is 0.897 bits per heavy atom. The van der Waals surface area contributed by atoms with Crippen LogP contribution < -0.4 is 4.74 Å². The molecule has 0 atom stereocenters. The standard InChI is InChI=1S/C22H17N3O4/c1-2-28-22(27)20-19(23-25-24-20)15-10-12-16(13-11-15)29-21(26)18-9-5-7-14-6-3-4-8-17(14)18/h3-13H,2H2,1H3,(H,23,24,25). The number of aromatic nitrogens is 3. The summed E-state index contributed by atoms with van der Waals surface area (Å²) < 4.78 is 10.5. The van der Waals surface area contributed by atoms with E-state index in [-0.39, 0.29) is 12.3 Å². The first-order chi connectivity index (χ1) is 14.2. The number of nitrogens with zero attached hydrogens (tertiary/aromatic N) is 2. The summed E-state index contributed by atoms with van der Waals surface area (Å²) >= 11 is 0. The third kappa shape index (κ3) is 3.70. The van der Waals surface area contributed by atoms with Gasteiger partial charge in [-0.05, 0) is 48.0 Å². The number of carbonyl (C=O) groups excluding carboxylic acids is 2. The highest BCUT2D eigenvalue weighted by Gasteiger charge is 2.19. The second-order valence-electron chi connectivity index (χ2n) is 6.18. The molecule has 0 aliphatic rings. The lowest BCUT2D eigenvalue weighted by atomic mass is 10.0. The van der Waals surface area contributed by atoms with Gasteiger partial charge in [-0.3, -0.25) is 0 Å². The molecule has 0 amide bonds. The third-order valence-electron chi connectivity index (χ3n) is 4.36. The molecule has 0 bridgehead atoms. The first-order valence-electron chi connectivity index (χ1n) is 9.05. The van der Waals surface area contributed by atoms with E-state index in [4.69, 9.17) is 9.47 Å². The van der Waals surface area contributed by atoms with Gasteiger partial charge < -0.3 is 9.47 Å². The van der Waals surface area contributed by atoms with Crippen molar-refractivity contribution < 1.29 is 19.1 Å². The number of hydrogen-bond acceptors (Lipinski definition) is 6. The predicted molar refractivity (Wildman–Crippen MR) is 107 cm³/mol. The van der Waals surface area contributed by atoms with Crippen LogP contribution in [-0.2, 0) is 4.74 Å². The molecule has 7 heteroatoms. The van der Waals surface area contributed by atoms with Gasteiger partial charge in [0.15, 0.2) is 5.69 Å². The number of hydrogen-bond donors (Lipinski definition) is 1. The molecule has 1 aromatic heterocycles. The molecule has 3 aromatic carbocycles. The molecule has 29 heavy (non-hydrogen) atoms. The summed E-state index contributed by atoms with van der Waals surface area (Å²) in [6.07, 6.45) is 0. The fourth-order valence-electron chi connectivity index (χ4n) is 3.02. The van der Waals surface area contributed by atoms with E-state index in [0.717, 1.165) is 10.8 Å². The molecule has 0 saturated heterocycles. The molecule has 0 radical (unpaired) electrons. The van der Waals surface area contributed by atoms with Crippen molar-refractivity contribution >= 4 is 22.7 Å². The van der Waals surface area contributed by atoms with Crippen LogP contribution in [0.4, 0.5) is 0 Å². The molecule has 0 spiro atoms. The Morgan fingerprint density at radius 3 is 2.45 bits per heavy atom. The normalized spacial score (nSPS) is 10.7. The van der Waals surface area contributed by atoms with Gasteiger partial charge in [0.2, 0.25) is 0 Å². The summed E-state index contributed by atoms with van der Waals surface area (Å²) in [6.45, 7) is 1.96. The van der Waals surface area contributed by atoms with E-state index in [1.54, 1.807) is 37.3 Å². The van der Waals surface area contributed by atoms with E-state index in [1.807, 2.05) is 36.4 Å².